The highest BCUT2D eigenvalue weighted by Gasteiger charge is 2.41. The first kappa shape index (κ1) is 13.5. The molecule has 2 fully saturated rings. The Labute approximate surface area is 125 Å². The molecular formula is C15H24N4O2. The maximum absolute atomic E-state index is 12.4. The van der Waals surface area contributed by atoms with Crippen LogP contribution in [0.4, 0.5) is 0 Å². The Kier molecular flexibility index (Phi) is 3.61. The van der Waals surface area contributed by atoms with Crippen LogP contribution in [0.25, 0.3) is 0 Å². The van der Waals surface area contributed by atoms with Crippen molar-refractivity contribution in [1.29, 1.82) is 0 Å². The number of hydrogen-bond donors (Lipinski definition) is 3. The molecule has 6 nitrogen and oxygen atoms in total. The Morgan fingerprint density at radius 1 is 1.14 bits per heavy atom. The molecule has 1 amide bonds. The Morgan fingerprint density at radius 3 is 2.86 bits per heavy atom. The Bertz CT molecular complexity index is 459. The van der Waals surface area contributed by atoms with Crippen molar-refractivity contribution in [3.63, 3.8) is 0 Å². The van der Waals surface area contributed by atoms with Crippen LogP contribution in [0.15, 0.2) is 11.3 Å². The third-order valence-corrected chi connectivity index (χ3v) is 4.97. The van der Waals surface area contributed by atoms with Crippen molar-refractivity contribution < 1.29 is 9.53 Å². The van der Waals surface area contributed by atoms with Crippen LogP contribution in [0.5, 0.6) is 0 Å². The van der Waals surface area contributed by atoms with E-state index in [1.54, 1.807) is 5.01 Å². The van der Waals surface area contributed by atoms with Gasteiger partial charge in [-0.1, -0.05) is 19.3 Å². The number of nitrogens with zero attached hydrogens (tertiary/aromatic N) is 1. The van der Waals surface area contributed by atoms with Crippen molar-refractivity contribution in [1.82, 2.24) is 21.1 Å². The molecule has 0 aromatic rings. The summed E-state index contributed by atoms with van der Waals surface area (Å²) in [6, 6.07) is 0. The lowest BCUT2D eigenvalue weighted by molar-refractivity contribution is -0.133. The normalized spacial score (nSPS) is 33.1. The van der Waals surface area contributed by atoms with Crippen molar-refractivity contribution in [3.8, 4) is 0 Å². The minimum Gasteiger partial charge on any atom is -0.375 e. The van der Waals surface area contributed by atoms with Crippen LogP contribution in [0.1, 0.15) is 51.4 Å². The summed E-state index contributed by atoms with van der Waals surface area (Å²) in [5.74, 6) is 0.124. The summed E-state index contributed by atoms with van der Waals surface area (Å²) >= 11 is 0. The fourth-order valence-electron chi connectivity index (χ4n) is 3.83. The highest BCUT2D eigenvalue weighted by atomic mass is 16.5. The fourth-order valence-corrected chi connectivity index (χ4v) is 3.83. The van der Waals surface area contributed by atoms with Gasteiger partial charge in [-0.2, -0.15) is 0 Å². The van der Waals surface area contributed by atoms with Gasteiger partial charge in [-0.15, -0.1) is 0 Å². The number of amides is 1. The molecule has 3 N–H and O–H groups in total. The highest BCUT2D eigenvalue weighted by molar-refractivity contribution is 5.95. The molecule has 2 aliphatic carbocycles. The summed E-state index contributed by atoms with van der Waals surface area (Å²) in [4.78, 5) is 12.4. The third kappa shape index (κ3) is 2.56. The van der Waals surface area contributed by atoms with Crippen LogP contribution in [0, 0.1) is 0 Å². The lowest BCUT2D eigenvalue weighted by Crippen LogP contribution is -2.55. The topological polar surface area (TPSA) is 65.6 Å². The van der Waals surface area contributed by atoms with Gasteiger partial charge < -0.3 is 10.1 Å². The number of hydrazine groups is 1. The molecule has 6 heteroatoms. The monoisotopic (exact) mass is 292 g/mol. The van der Waals surface area contributed by atoms with E-state index in [1.165, 1.54) is 32.1 Å². The van der Waals surface area contributed by atoms with E-state index < -0.39 is 0 Å². The van der Waals surface area contributed by atoms with E-state index in [0.29, 0.717) is 12.7 Å². The minimum atomic E-state index is -0.130. The van der Waals surface area contributed by atoms with Gasteiger partial charge in [-0.05, 0) is 32.1 Å². The zero-order valence-corrected chi connectivity index (χ0v) is 12.4. The maximum Gasteiger partial charge on any atom is 0.268 e. The quantitative estimate of drug-likeness (QED) is 0.722. The number of allylic oxidation sites excluding steroid dienone is 1. The van der Waals surface area contributed by atoms with Crippen LogP contribution in [0.3, 0.4) is 0 Å². The van der Waals surface area contributed by atoms with Gasteiger partial charge in [0.1, 0.15) is 6.17 Å². The van der Waals surface area contributed by atoms with Gasteiger partial charge in [-0.25, -0.2) is 10.4 Å². The molecule has 2 aliphatic heterocycles. The second kappa shape index (κ2) is 5.59. The first-order valence-corrected chi connectivity index (χ1v) is 8.27. The van der Waals surface area contributed by atoms with Gasteiger partial charge in [0.05, 0.1) is 12.7 Å². The number of carbonyl (C=O) groups excluding carboxylic acids is 1. The summed E-state index contributed by atoms with van der Waals surface area (Å²) in [5.41, 5.74) is 5.33. The molecule has 2 heterocycles. The first-order valence-electron chi connectivity index (χ1n) is 8.27. The highest BCUT2D eigenvalue weighted by Crippen LogP contribution is 2.30. The fraction of sp³-hybridized carbons (Fsp3) is 0.800. The lowest BCUT2D eigenvalue weighted by Gasteiger charge is -2.30. The summed E-state index contributed by atoms with van der Waals surface area (Å²) < 4.78 is 6.00. The molecular weight excluding hydrogens is 268 g/mol. The lowest BCUT2D eigenvalue weighted by atomic mass is 9.98. The largest absolute Gasteiger partial charge is 0.375 e. The van der Waals surface area contributed by atoms with E-state index in [0.717, 1.165) is 30.5 Å². The van der Waals surface area contributed by atoms with E-state index >= 15 is 0 Å². The van der Waals surface area contributed by atoms with Gasteiger partial charge in [-0.3, -0.25) is 10.1 Å². The number of hydrogen-bond acceptors (Lipinski definition) is 5. The SMILES string of the molecule is O=C1C2=C(CCC2)NC2NC(COC3CCCCC3)NN12. The number of nitrogens with one attached hydrogen (secondary N) is 3. The molecule has 0 aromatic heterocycles. The molecule has 0 bridgehead atoms. The Hall–Kier alpha value is -1.11. The summed E-state index contributed by atoms with van der Waals surface area (Å²) in [6.07, 6.45) is 9.49. The van der Waals surface area contributed by atoms with Crippen molar-refractivity contribution in [2.24, 2.45) is 0 Å². The molecule has 2 unspecified atom stereocenters. The van der Waals surface area contributed by atoms with Crippen LogP contribution < -0.4 is 16.1 Å². The predicted molar refractivity (Wildman–Crippen MR) is 77.5 cm³/mol. The van der Waals surface area contributed by atoms with Crippen molar-refractivity contribution >= 4 is 5.91 Å². The molecule has 4 aliphatic rings. The van der Waals surface area contributed by atoms with Gasteiger partial charge in [0.15, 0.2) is 6.29 Å². The predicted octanol–water partition coefficient (Wildman–Crippen LogP) is 0.923. The van der Waals surface area contributed by atoms with Crippen molar-refractivity contribution in [3.05, 3.63) is 11.3 Å². The van der Waals surface area contributed by atoms with Crippen molar-refractivity contribution in [2.75, 3.05) is 6.61 Å². The summed E-state index contributed by atoms with van der Waals surface area (Å²) in [7, 11) is 0. The molecule has 0 spiro atoms. The summed E-state index contributed by atoms with van der Waals surface area (Å²) in [5, 5.41) is 8.52. The zero-order chi connectivity index (χ0) is 14.2. The third-order valence-electron chi connectivity index (χ3n) is 4.97. The molecule has 0 aromatic carbocycles. The summed E-state index contributed by atoms with van der Waals surface area (Å²) in [6.45, 7) is 0.608. The van der Waals surface area contributed by atoms with Gasteiger partial charge in [0.25, 0.3) is 5.91 Å². The van der Waals surface area contributed by atoms with E-state index in [-0.39, 0.29) is 18.4 Å². The zero-order valence-electron chi connectivity index (χ0n) is 12.4. The number of carbonyl (C=O) groups is 1. The number of ether oxygens (including phenoxy) is 1. The van der Waals surface area contributed by atoms with E-state index in [4.69, 9.17) is 4.74 Å². The molecule has 0 radical (unpaired) electrons. The maximum atomic E-state index is 12.4. The molecule has 21 heavy (non-hydrogen) atoms. The van der Waals surface area contributed by atoms with Crippen LogP contribution >= 0.6 is 0 Å². The first-order chi connectivity index (χ1) is 10.3. The van der Waals surface area contributed by atoms with Gasteiger partial charge in [0, 0.05) is 11.3 Å². The minimum absolute atomic E-state index is 0.00778. The molecule has 1 saturated carbocycles. The smallest absolute Gasteiger partial charge is 0.268 e. The van der Waals surface area contributed by atoms with Crippen LogP contribution in [0.2, 0.25) is 0 Å². The molecule has 4 rings (SSSR count). The van der Waals surface area contributed by atoms with E-state index in [2.05, 4.69) is 16.1 Å². The second-order valence-corrected chi connectivity index (χ2v) is 6.47. The number of fused-ring (bicyclic) bond motifs is 1. The number of rotatable bonds is 3. The van der Waals surface area contributed by atoms with Gasteiger partial charge in [0.2, 0.25) is 0 Å². The van der Waals surface area contributed by atoms with Gasteiger partial charge >= 0.3 is 0 Å². The van der Waals surface area contributed by atoms with Crippen molar-refractivity contribution in [2.45, 2.75) is 69.9 Å². The molecule has 116 valence electrons. The van der Waals surface area contributed by atoms with Crippen LogP contribution in [-0.2, 0) is 9.53 Å². The second-order valence-electron chi connectivity index (χ2n) is 6.47. The molecule has 1 saturated heterocycles. The Balaban J connectivity index is 1.32. The van der Waals surface area contributed by atoms with E-state index in [9.17, 15) is 4.79 Å². The van der Waals surface area contributed by atoms with Crippen LogP contribution in [-0.4, -0.2) is 36.1 Å². The standard InChI is InChI=1S/C15H24N4O2/c20-14-11-7-4-8-12(11)16-15-17-13(18-19(14)15)9-21-10-5-2-1-3-6-10/h10,13,15-18H,1-9H2. The average molecular weight is 292 g/mol. The molecule has 2 atom stereocenters. The average Bonchev–Trinajstić information content (AvgIpc) is 3.13. The Morgan fingerprint density at radius 2 is 2.00 bits per heavy atom. The van der Waals surface area contributed by atoms with E-state index in [1.807, 2.05) is 0 Å².